The summed E-state index contributed by atoms with van der Waals surface area (Å²) in [5, 5.41) is 16.2. The number of aliphatic hydroxyl groups excluding tert-OH is 1. The van der Waals surface area contributed by atoms with E-state index in [0.29, 0.717) is 11.6 Å². The van der Waals surface area contributed by atoms with Crippen LogP contribution in [-0.2, 0) is 0 Å². The molecule has 1 aromatic heterocycles. The molecule has 1 atom stereocenters. The molecule has 0 bridgehead atoms. The lowest BCUT2D eigenvalue weighted by atomic mass is 10.0. The Balaban J connectivity index is 1.73. The van der Waals surface area contributed by atoms with Crippen LogP contribution in [0.1, 0.15) is 35.3 Å². The molecular formula is C18H23N3O2. The van der Waals surface area contributed by atoms with Crippen LogP contribution in [-0.4, -0.2) is 45.8 Å². The van der Waals surface area contributed by atoms with Gasteiger partial charge in [0.15, 0.2) is 0 Å². The average Bonchev–Trinajstić information content (AvgIpc) is 3.20. The van der Waals surface area contributed by atoms with Crippen LogP contribution in [0.25, 0.3) is 11.3 Å². The molecule has 122 valence electrons. The van der Waals surface area contributed by atoms with E-state index in [9.17, 15) is 4.79 Å². The van der Waals surface area contributed by atoms with Gasteiger partial charge in [0.05, 0.1) is 5.69 Å². The summed E-state index contributed by atoms with van der Waals surface area (Å²) in [5.41, 5.74) is 3.35. The first-order valence-electron chi connectivity index (χ1n) is 8.21. The minimum Gasteiger partial charge on any atom is -0.396 e. The van der Waals surface area contributed by atoms with Gasteiger partial charge in [-0.15, -0.1) is 0 Å². The lowest BCUT2D eigenvalue weighted by molar-refractivity contribution is 0.0779. The number of likely N-dealkylation sites (tertiary alicyclic amines) is 1. The van der Waals surface area contributed by atoms with Gasteiger partial charge in [0.25, 0.3) is 5.91 Å². The van der Waals surface area contributed by atoms with Gasteiger partial charge in [-0.25, -0.2) is 0 Å². The number of H-pyrrole nitrogens is 1. The molecule has 1 unspecified atom stereocenters. The molecule has 1 saturated heterocycles. The Labute approximate surface area is 136 Å². The van der Waals surface area contributed by atoms with Crippen molar-refractivity contribution in [1.29, 1.82) is 0 Å². The van der Waals surface area contributed by atoms with Crippen LogP contribution in [0.4, 0.5) is 0 Å². The fourth-order valence-corrected chi connectivity index (χ4v) is 3.27. The zero-order valence-corrected chi connectivity index (χ0v) is 13.5. The molecule has 2 aromatic rings. The van der Waals surface area contributed by atoms with Gasteiger partial charge in [-0.2, -0.15) is 5.10 Å². The maximum Gasteiger partial charge on any atom is 0.272 e. The smallest absolute Gasteiger partial charge is 0.272 e. The van der Waals surface area contributed by atoms with Gasteiger partial charge in [0.2, 0.25) is 0 Å². The first-order valence-corrected chi connectivity index (χ1v) is 8.21. The Bertz CT molecular complexity index is 666. The van der Waals surface area contributed by atoms with E-state index in [0.717, 1.165) is 49.2 Å². The second-order valence-corrected chi connectivity index (χ2v) is 6.21. The van der Waals surface area contributed by atoms with E-state index in [1.54, 1.807) is 0 Å². The third-order valence-corrected chi connectivity index (χ3v) is 4.61. The predicted molar refractivity (Wildman–Crippen MR) is 89.1 cm³/mol. The number of benzene rings is 1. The van der Waals surface area contributed by atoms with E-state index >= 15 is 0 Å². The highest BCUT2D eigenvalue weighted by molar-refractivity contribution is 5.95. The van der Waals surface area contributed by atoms with Crippen molar-refractivity contribution in [2.75, 3.05) is 19.7 Å². The number of hydrogen-bond acceptors (Lipinski definition) is 3. The van der Waals surface area contributed by atoms with Crippen LogP contribution in [0, 0.1) is 12.8 Å². The predicted octanol–water partition coefficient (Wildman–Crippen LogP) is 2.62. The molecule has 1 fully saturated rings. The number of rotatable bonds is 5. The molecule has 1 amide bonds. The van der Waals surface area contributed by atoms with Crippen molar-refractivity contribution < 1.29 is 9.90 Å². The first kappa shape index (κ1) is 15.7. The number of aliphatic hydroxyl groups is 1. The molecule has 1 aliphatic rings. The van der Waals surface area contributed by atoms with Crippen molar-refractivity contribution >= 4 is 5.91 Å². The molecule has 0 saturated carbocycles. The van der Waals surface area contributed by atoms with Crippen LogP contribution in [0.2, 0.25) is 0 Å². The van der Waals surface area contributed by atoms with Crippen LogP contribution in [0.5, 0.6) is 0 Å². The van der Waals surface area contributed by atoms with Gasteiger partial charge in [-0.05, 0) is 32.1 Å². The molecule has 23 heavy (non-hydrogen) atoms. The molecule has 0 spiro atoms. The molecule has 5 heteroatoms. The molecular weight excluding hydrogens is 290 g/mol. The minimum atomic E-state index is 0.0312. The summed E-state index contributed by atoms with van der Waals surface area (Å²) in [6, 6.07) is 9.90. The van der Waals surface area contributed by atoms with Crippen LogP contribution >= 0.6 is 0 Å². The Morgan fingerprint density at radius 2 is 2.17 bits per heavy atom. The summed E-state index contributed by atoms with van der Waals surface area (Å²) < 4.78 is 0. The number of nitrogens with one attached hydrogen (secondary N) is 1. The fraction of sp³-hybridized carbons (Fsp3) is 0.444. The van der Waals surface area contributed by atoms with Gasteiger partial charge >= 0.3 is 0 Å². The number of amides is 1. The van der Waals surface area contributed by atoms with E-state index in [4.69, 9.17) is 5.11 Å². The molecule has 1 aliphatic heterocycles. The highest BCUT2D eigenvalue weighted by Gasteiger charge is 2.29. The summed E-state index contributed by atoms with van der Waals surface area (Å²) in [4.78, 5) is 14.6. The molecule has 5 nitrogen and oxygen atoms in total. The third-order valence-electron chi connectivity index (χ3n) is 4.61. The topological polar surface area (TPSA) is 69.2 Å². The normalized spacial score (nSPS) is 17.7. The standard InChI is InChI=1S/C18H23N3O2/c1-13-16(15-7-3-2-4-8-15)19-20-17(13)18(23)21-10-9-14(12-21)6-5-11-22/h2-4,7-8,14,22H,5-6,9-12H2,1H3,(H,19,20). The number of carbonyl (C=O) groups excluding carboxylic acids is 1. The molecule has 0 radical (unpaired) electrons. The molecule has 0 aliphatic carbocycles. The van der Waals surface area contributed by atoms with E-state index in [1.807, 2.05) is 42.2 Å². The van der Waals surface area contributed by atoms with E-state index in [1.165, 1.54) is 0 Å². The SMILES string of the molecule is Cc1c(-c2ccccc2)n[nH]c1C(=O)N1CCC(CCCO)C1. The molecule has 3 rings (SSSR count). The summed E-state index contributed by atoms with van der Waals surface area (Å²) in [5.74, 6) is 0.534. The van der Waals surface area contributed by atoms with Gasteiger partial charge < -0.3 is 10.0 Å². The van der Waals surface area contributed by atoms with Crippen LogP contribution in [0.15, 0.2) is 30.3 Å². The Morgan fingerprint density at radius 3 is 2.91 bits per heavy atom. The summed E-state index contributed by atoms with van der Waals surface area (Å²) in [7, 11) is 0. The largest absolute Gasteiger partial charge is 0.396 e. The summed E-state index contributed by atoms with van der Waals surface area (Å²) in [6.07, 6.45) is 2.82. The average molecular weight is 313 g/mol. The van der Waals surface area contributed by atoms with Gasteiger partial charge in [-0.3, -0.25) is 9.89 Å². The molecule has 2 N–H and O–H groups in total. The van der Waals surface area contributed by atoms with Crippen molar-refractivity contribution in [3.8, 4) is 11.3 Å². The third kappa shape index (κ3) is 3.29. The minimum absolute atomic E-state index is 0.0312. The zero-order valence-electron chi connectivity index (χ0n) is 13.5. The van der Waals surface area contributed by atoms with Gasteiger partial charge in [-0.1, -0.05) is 30.3 Å². The number of aromatic nitrogens is 2. The van der Waals surface area contributed by atoms with Crippen molar-refractivity contribution in [3.05, 3.63) is 41.6 Å². The van der Waals surface area contributed by atoms with Crippen molar-refractivity contribution in [2.45, 2.75) is 26.2 Å². The second-order valence-electron chi connectivity index (χ2n) is 6.21. The quantitative estimate of drug-likeness (QED) is 0.891. The summed E-state index contributed by atoms with van der Waals surface area (Å²) in [6.45, 7) is 3.73. The monoisotopic (exact) mass is 313 g/mol. The number of nitrogens with zero attached hydrogens (tertiary/aromatic N) is 2. The van der Waals surface area contributed by atoms with Gasteiger partial charge in [0, 0.05) is 30.8 Å². The van der Waals surface area contributed by atoms with Crippen LogP contribution < -0.4 is 0 Å². The van der Waals surface area contributed by atoms with Crippen molar-refractivity contribution in [1.82, 2.24) is 15.1 Å². The lowest BCUT2D eigenvalue weighted by Gasteiger charge is -2.16. The van der Waals surface area contributed by atoms with E-state index in [2.05, 4.69) is 10.2 Å². The highest BCUT2D eigenvalue weighted by Crippen LogP contribution is 2.26. The van der Waals surface area contributed by atoms with Crippen LogP contribution in [0.3, 0.4) is 0 Å². The number of aromatic amines is 1. The van der Waals surface area contributed by atoms with Crippen molar-refractivity contribution in [2.24, 2.45) is 5.92 Å². The zero-order chi connectivity index (χ0) is 16.2. The van der Waals surface area contributed by atoms with Crippen molar-refractivity contribution in [3.63, 3.8) is 0 Å². The molecule has 1 aromatic carbocycles. The van der Waals surface area contributed by atoms with E-state index in [-0.39, 0.29) is 12.5 Å². The maximum absolute atomic E-state index is 12.7. The Kier molecular flexibility index (Phi) is 4.76. The fourth-order valence-electron chi connectivity index (χ4n) is 3.27. The van der Waals surface area contributed by atoms with Gasteiger partial charge in [0.1, 0.15) is 5.69 Å². The Hall–Kier alpha value is -2.14. The maximum atomic E-state index is 12.7. The highest BCUT2D eigenvalue weighted by atomic mass is 16.2. The molecule has 2 heterocycles. The van der Waals surface area contributed by atoms with E-state index < -0.39 is 0 Å². The second kappa shape index (κ2) is 6.96. The summed E-state index contributed by atoms with van der Waals surface area (Å²) >= 11 is 0. The first-order chi connectivity index (χ1) is 11.2. The lowest BCUT2D eigenvalue weighted by Crippen LogP contribution is -2.29. The number of hydrogen-bond donors (Lipinski definition) is 2. The number of carbonyl (C=O) groups is 1. The Morgan fingerprint density at radius 1 is 1.39 bits per heavy atom.